The zero-order valence-electron chi connectivity index (χ0n) is 32.6. The lowest BCUT2D eigenvalue weighted by molar-refractivity contribution is -0.275. The summed E-state index contributed by atoms with van der Waals surface area (Å²) in [7, 11) is 0. The van der Waals surface area contributed by atoms with Gasteiger partial charge in [0.2, 0.25) is 0 Å². The van der Waals surface area contributed by atoms with Crippen molar-refractivity contribution < 1.29 is 36.9 Å². The summed E-state index contributed by atoms with van der Waals surface area (Å²) in [5.74, 6) is -0.246. The predicted molar refractivity (Wildman–Crippen MR) is 218 cm³/mol. The number of nitrogens with zero attached hydrogens (tertiary/aromatic N) is 1. The summed E-state index contributed by atoms with van der Waals surface area (Å²) in [5.41, 5.74) is 6.16. The molecule has 1 aliphatic rings. The van der Waals surface area contributed by atoms with Crippen molar-refractivity contribution in [1.82, 2.24) is 4.98 Å². The van der Waals surface area contributed by atoms with E-state index in [-0.39, 0.29) is 12.5 Å². The molecule has 2 heterocycles. The number of aromatic nitrogens is 1. The van der Waals surface area contributed by atoms with Gasteiger partial charge in [0.1, 0.15) is 24.4 Å². The minimum atomic E-state index is -4.50. The minimum absolute atomic E-state index is 0.231. The molecule has 1 aromatic heterocycles. The van der Waals surface area contributed by atoms with Crippen LogP contribution in [0.2, 0.25) is 0 Å². The van der Waals surface area contributed by atoms with Crippen LogP contribution in [0, 0.1) is 6.92 Å². The third-order valence-corrected chi connectivity index (χ3v) is 10.6. The molecule has 9 heteroatoms. The van der Waals surface area contributed by atoms with Gasteiger partial charge in [-0.3, -0.25) is 4.98 Å². The summed E-state index contributed by atoms with van der Waals surface area (Å²) in [6.07, 6.45) is -5.06. The van der Waals surface area contributed by atoms with Crippen molar-refractivity contribution in [3.63, 3.8) is 0 Å². The third kappa shape index (κ3) is 10.7. The van der Waals surface area contributed by atoms with Crippen LogP contribution in [0.25, 0.3) is 11.1 Å². The molecule has 1 aliphatic heterocycles. The molecular weight excluding hydrogens is 740 g/mol. The number of alkyl halides is 3. The summed E-state index contributed by atoms with van der Waals surface area (Å²) < 4.78 is 75.0. The second-order valence-corrected chi connectivity index (χ2v) is 14.7. The second-order valence-electron chi connectivity index (χ2n) is 14.7. The van der Waals surface area contributed by atoms with Crippen LogP contribution in [0.15, 0.2) is 158 Å². The second kappa shape index (κ2) is 19.5. The Morgan fingerprint density at radius 2 is 1.09 bits per heavy atom. The zero-order chi connectivity index (χ0) is 40.3. The molecule has 6 aromatic rings. The van der Waals surface area contributed by atoms with Crippen LogP contribution >= 0.6 is 0 Å². The van der Waals surface area contributed by atoms with Gasteiger partial charge in [0.25, 0.3) is 0 Å². The van der Waals surface area contributed by atoms with Crippen LogP contribution in [0.5, 0.6) is 0 Å². The Morgan fingerprint density at radius 3 is 1.60 bits per heavy atom. The summed E-state index contributed by atoms with van der Waals surface area (Å²) in [5, 5.41) is 0. The van der Waals surface area contributed by atoms with Crippen molar-refractivity contribution >= 4 is 0 Å². The first-order valence-corrected chi connectivity index (χ1v) is 19.6. The van der Waals surface area contributed by atoms with Crippen LogP contribution < -0.4 is 0 Å². The molecule has 0 amide bonds. The Kier molecular flexibility index (Phi) is 13.8. The van der Waals surface area contributed by atoms with E-state index in [2.05, 4.69) is 11.9 Å². The maximum Gasteiger partial charge on any atom is 0.417 e. The normalized spacial score (nSPS) is 20.1. The van der Waals surface area contributed by atoms with E-state index >= 15 is 0 Å². The zero-order valence-corrected chi connectivity index (χ0v) is 32.6. The van der Waals surface area contributed by atoms with Crippen LogP contribution in [0.1, 0.15) is 51.8 Å². The number of hydrogen-bond donors (Lipinski definition) is 0. The molecule has 300 valence electrons. The number of rotatable bonds is 16. The van der Waals surface area contributed by atoms with Gasteiger partial charge in [-0.2, -0.15) is 13.2 Å². The molecule has 1 saturated heterocycles. The van der Waals surface area contributed by atoms with Crippen molar-refractivity contribution in [3.05, 3.63) is 197 Å². The van der Waals surface area contributed by atoms with E-state index < -0.39 is 42.3 Å². The van der Waals surface area contributed by atoms with Crippen molar-refractivity contribution in [1.29, 1.82) is 0 Å². The monoisotopic (exact) mass is 787 g/mol. The Hall–Kier alpha value is -5.16. The van der Waals surface area contributed by atoms with Crippen LogP contribution in [-0.2, 0) is 56.3 Å². The fourth-order valence-corrected chi connectivity index (χ4v) is 7.52. The lowest BCUT2D eigenvalue weighted by Crippen LogP contribution is -2.62. The molecule has 7 rings (SSSR count). The fraction of sp³-hybridized carbons (Fsp3) is 0.286. The van der Waals surface area contributed by atoms with Gasteiger partial charge in [-0.1, -0.05) is 146 Å². The molecule has 0 bridgehead atoms. The van der Waals surface area contributed by atoms with E-state index in [0.29, 0.717) is 37.6 Å². The average molecular weight is 788 g/mol. The van der Waals surface area contributed by atoms with E-state index in [4.69, 9.17) is 23.7 Å². The Morgan fingerprint density at radius 1 is 0.586 bits per heavy atom. The first kappa shape index (κ1) is 41.0. The van der Waals surface area contributed by atoms with Gasteiger partial charge in [0.15, 0.2) is 0 Å². The van der Waals surface area contributed by atoms with Gasteiger partial charge in [-0.05, 0) is 51.9 Å². The van der Waals surface area contributed by atoms with Gasteiger partial charge < -0.3 is 23.7 Å². The molecule has 0 saturated carbocycles. The summed E-state index contributed by atoms with van der Waals surface area (Å²) in [4.78, 5) is 3.89. The topological polar surface area (TPSA) is 59.0 Å². The molecule has 1 fully saturated rings. The van der Waals surface area contributed by atoms with Crippen LogP contribution in [-0.4, -0.2) is 42.1 Å². The maximum absolute atomic E-state index is 13.6. The van der Waals surface area contributed by atoms with Gasteiger partial charge in [0.05, 0.1) is 44.7 Å². The molecule has 5 aromatic carbocycles. The predicted octanol–water partition coefficient (Wildman–Crippen LogP) is 10.9. The van der Waals surface area contributed by atoms with Gasteiger partial charge in [-0.15, -0.1) is 0 Å². The quantitative estimate of drug-likeness (QED) is 0.0974. The number of halogens is 3. The highest BCUT2D eigenvalue weighted by Gasteiger charge is 2.50. The highest BCUT2D eigenvalue weighted by Crippen LogP contribution is 2.39. The van der Waals surface area contributed by atoms with Gasteiger partial charge >= 0.3 is 6.18 Å². The fourth-order valence-electron chi connectivity index (χ4n) is 7.52. The smallest absolute Gasteiger partial charge is 0.374 e. The number of benzene rings is 5. The molecule has 6 atom stereocenters. The summed E-state index contributed by atoms with van der Waals surface area (Å²) in [6, 6.07) is 46.8. The molecule has 58 heavy (non-hydrogen) atoms. The average Bonchev–Trinajstić information content (AvgIpc) is 3.25. The van der Waals surface area contributed by atoms with Crippen molar-refractivity contribution in [2.24, 2.45) is 0 Å². The molecule has 0 aliphatic carbocycles. The standard InChI is InChI=1S/C49H48F3NO5/c1-34-25-40(41-26-42(28-53-27-41)49(50,51)52)23-24-43(34)35(2)45-47(56-31-38-19-11-5-12-20-38)48(57-32-39-21-13-6-14-22-39)46(55-30-37-17-9-4-10-18-37)44(58-45)33-54-29-36-15-7-3-8-16-36/h3-28,35,44-48H,29-33H2,1-2H3/t35?,44-,45-,46-,47-,48+/m1/s1. The van der Waals surface area contributed by atoms with E-state index in [0.717, 1.165) is 45.6 Å². The van der Waals surface area contributed by atoms with E-state index in [1.54, 1.807) is 0 Å². The first-order chi connectivity index (χ1) is 28.2. The molecule has 0 spiro atoms. The summed E-state index contributed by atoms with van der Waals surface area (Å²) >= 11 is 0. The van der Waals surface area contributed by atoms with Gasteiger partial charge in [-0.25, -0.2) is 0 Å². The molecule has 1 unspecified atom stereocenters. The number of aryl methyl sites for hydroxylation is 1. The van der Waals surface area contributed by atoms with Crippen molar-refractivity contribution in [2.75, 3.05) is 6.61 Å². The first-order valence-electron chi connectivity index (χ1n) is 19.6. The highest BCUT2D eigenvalue weighted by molar-refractivity contribution is 5.65. The Labute approximate surface area is 338 Å². The number of pyridine rings is 1. The summed E-state index contributed by atoms with van der Waals surface area (Å²) in [6.45, 7) is 5.64. The SMILES string of the molecule is Cc1cc(-c2cncc(C(F)(F)F)c2)ccc1C(C)[C@H]1O[C@H](COCc2ccccc2)[C@@H](OCc2ccccc2)[C@H](OCc2ccccc2)[C@@H]1OCc1ccccc1. The Balaban J connectivity index is 1.25. The van der Waals surface area contributed by atoms with E-state index in [1.807, 2.05) is 146 Å². The number of hydrogen-bond acceptors (Lipinski definition) is 6. The lowest BCUT2D eigenvalue weighted by atomic mass is 9.82. The largest absolute Gasteiger partial charge is 0.417 e. The minimum Gasteiger partial charge on any atom is -0.374 e. The molecule has 6 nitrogen and oxygen atoms in total. The van der Waals surface area contributed by atoms with Gasteiger partial charge in [0, 0.05) is 23.9 Å². The van der Waals surface area contributed by atoms with Crippen molar-refractivity contribution in [3.8, 4) is 11.1 Å². The lowest BCUT2D eigenvalue weighted by Gasteiger charge is -2.48. The van der Waals surface area contributed by atoms with Crippen molar-refractivity contribution in [2.45, 2.75) is 82.9 Å². The van der Waals surface area contributed by atoms with E-state index in [1.165, 1.54) is 6.20 Å². The molecule has 0 N–H and O–H groups in total. The van der Waals surface area contributed by atoms with Crippen LogP contribution in [0.3, 0.4) is 0 Å². The maximum atomic E-state index is 13.6. The number of ether oxygens (including phenoxy) is 5. The van der Waals surface area contributed by atoms with Crippen LogP contribution in [0.4, 0.5) is 13.2 Å². The Bertz CT molecular complexity index is 2150. The van der Waals surface area contributed by atoms with E-state index in [9.17, 15) is 13.2 Å². The molecular formula is C49H48F3NO5. The third-order valence-electron chi connectivity index (χ3n) is 10.6. The highest BCUT2D eigenvalue weighted by atomic mass is 19.4. The molecule has 0 radical (unpaired) electrons.